The average Bonchev–Trinajstić information content (AvgIpc) is 2.55. The van der Waals surface area contributed by atoms with Gasteiger partial charge in [0.05, 0.1) is 10.5 Å². The molecule has 0 radical (unpaired) electrons. The van der Waals surface area contributed by atoms with Gasteiger partial charge in [-0.15, -0.1) is 0 Å². The van der Waals surface area contributed by atoms with Crippen molar-refractivity contribution in [1.29, 1.82) is 0 Å². The molecule has 23 heavy (non-hydrogen) atoms. The number of nitrogens with zero attached hydrogens (tertiary/aromatic N) is 1. The highest BCUT2D eigenvalue weighted by atomic mass is 32.2. The second-order valence-electron chi connectivity index (χ2n) is 5.49. The molecular weight excluding hydrogens is 320 g/mol. The van der Waals surface area contributed by atoms with E-state index in [0.717, 1.165) is 19.3 Å². The maximum atomic E-state index is 12.8. The van der Waals surface area contributed by atoms with Crippen LogP contribution in [0.4, 0.5) is 0 Å². The minimum absolute atomic E-state index is 0.0360. The fraction of sp³-hybridized carbons (Fsp3) is 0.467. The Hall–Kier alpha value is -1.93. The summed E-state index contributed by atoms with van der Waals surface area (Å²) in [6, 6.07) is 4.77. The van der Waals surface area contributed by atoms with Crippen LogP contribution in [-0.2, 0) is 14.8 Å². The maximum Gasteiger partial charge on any atom is 0.325 e. The predicted octanol–water partition coefficient (Wildman–Crippen LogP) is 1.06. The molecule has 0 saturated carbocycles. The van der Waals surface area contributed by atoms with E-state index < -0.39 is 27.9 Å². The fourth-order valence-corrected chi connectivity index (χ4v) is 4.17. The van der Waals surface area contributed by atoms with Crippen LogP contribution in [0.15, 0.2) is 29.2 Å². The molecule has 1 fully saturated rings. The molecule has 1 saturated heterocycles. The summed E-state index contributed by atoms with van der Waals surface area (Å²) < 4.78 is 26.9. The molecule has 8 heteroatoms. The van der Waals surface area contributed by atoms with E-state index in [4.69, 9.17) is 5.11 Å². The van der Waals surface area contributed by atoms with E-state index in [0.29, 0.717) is 13.1 Å². The van der Waals surface area contributed by atoms with Crippen molar-refractivity contribution < 1.29 is 23.1 Å². The topological polar surface area (TPSA) is 104 Å². The van der Waals surface area contributed by atoms with Crippen molar-refractivity contribution in [2.24, 2.45) is 0 Å². The molecule has 1 aliphatic rings. The van der Waals surface area contributed by atoms with Gasteiger partial charge in [0.15, 0.2) is 0 Å². The second-order valence-corrected chi connectivity index (χ2v) is 7.40. The lowest BCUT2D eigenvalue weighted by molar-refractivity contribution is -0.138. The van der Waals surface area contributed by atoms with Crippen LogP contribution in [0.1, 0.15) is 36.5 Å². The van der Waals surface area contributed by atoms with Crippen molar-refractivity contribution in [3.63, 3.8) is 0 Å². The monoisotopic (exact) mass is 340 g/mol. The summed E-state index contributed by atoms with van der Waals surface area (Å²) in [5, 5.41) is 11.2. The summed E-state index contributed by atoms with van der Waals surface area (Å²) in [6.07, 6.45) is 2.58. The third-order valence-corrected chi connectivity index (χ3v) is 5.74. The Morgan fingerprint density at radius 1 is 1.17 bits per heavy atom. The van der Waals surface area contributed by atoms with Gasteiger partial charge in [0, 0.05) is 13.1 Å². The molecule has 1 heterocycles. The number of carboxylic acid groups (broad SMARTS) is 1. The van der Waals surface area contributed by atoms with Crippen LogP contribution in [0.3, 0.4) is 0 Å². The van der Waals surface area contributed by atoms with Crippen LogP contribution >= 0.6 is 0 Å². The molecule has 2 rings (SSSR count). The van der Waals surface area contributed by atoms with Crippen molar-refractivity contribution in [2.75, 3.05) is 13.1 Å². The molecule has 1 amide bonds. The van der Waals surface area contributed by atoms with Gasteiger partial charge in [0.1, 0.15) is 6.04 Å². The number of hydrogen-bond donors (Lipinski definition) is 2. The van der Waals surface area contributed by atoms with Crippen LogP contribution in [0.5, 0.6) is 0 Å². The van der Waals surface area contributed by atoms with E-state index in [1.165, 1.54) is 23.4 Å². The normalized spacial score (nSPS) is 17.4. The molecule has 1 atom stereocenters. The second kappa shape index (κ2) is 7.10. The quantitative estimate of drug-likeness (QED) is 0.834. The molecule has 0 bridgehead atoms. The van der Waals surface area contributed by atoms with Gasteiger partial charge in [-0.1, -0.05) is 18.6 Å². The number of rotatable bonds is 5. The summed E-state index contributed by atoms with van der Waals surface area (Å²) in [7, 11) is -3.77. The van der Waals surface area contributed by atoms with E-state index in [2.05, 4.69) is 5.32 Å². The minimum Gasteiger partial charge on any atom is -0.480 e. The number of sulfonamides is 1. The van der Waals surface area contributed by atoms with Gasteiger partial charge >= 0.3 is 5.97 Å². The Balaban J connectivity index is 2.33. The third-order valence-electron chi connectivity index (χ3n) is 3.78. The van der Waals surface area contributed by atoms with Gasteiger partial charge in [-0.05, 0) is 31.9 Å². The summed E-state index contributed by atoms with van der Waals surface area (Å²) in [4.78, 5) is 23.0. The van der Waals surface area contributed by atoms with Crippen molar-refractivity contribution in [3.05, 3.63) is 29.8 Å². The van der Waals surface area contributed by atoms with Gasteiger partial charge in [0.25, 0.3) is 5.91 Å². The molecule has 0 aromatic heterocycles. The molecule has 1 aliphatic heterocycles. The zero-order chi connectivity index (χ0) is 17.0. The van der Waals surface area contributed by atoms with Gasteiger partial charge in [0.2, 0.25) is 10.0 Å². The lowest BCUT2D eigenvalue weighted by Crippen LogP contribution is -2.40. The van der Waals surface area contributed by atoms with Crippen molar-refractivity contribution in [3.8, 4) is 0 Å². The van der Waals surface area contributed by atoms with E-state index in [1.54, 1.807) is 12.1 Å². The lowest BCUT2D eigenvalue weighted by atomic mass is 10.2. The Morgan fingerprint density at radius 2 is 1.78 bits per heavy atom. The van der Waals surface area contributed by atoms with Gasteiger partial charge in [-0.2, -0.15) is 4.31 Å². The van der Waals surface area contributed by atoms with E-state index in [1.807, 2.05) is 0 Å². The van der Waals surface area contributed by atoms with Crippen LogP contribution in [0.2, 0.25) is 0 Å². The lowest BCUT2D eigenvalue weighted by Gasteiger charge is -2.26. The summed E-state index contributed by atoms with van der Waals surface area (Å²) in [5.74, 6) is -1.90. The molecule has 1 aromatic carbocycles. The first-order chi connectivity index (χ1) is 10.8. The largest absolute Gasteiger partial charge is 0.480 e. The molecule has 1 aromatic rings. The van der Waals surface area contributed by atoms with E-state index in [9.17, 15) is 18.0 Å². The smallest absolute Gasteiger partial charge is 0.325 e. The predicted molar refractivity (Wildman–Crippen MR) is 83.6 cm³/mol. The Morgan fingerprint density at radius 3 is 2.39 bits per heavy atom. The number of aliphatic carboxylic acids is 1. The number of benzene rings is 1. The average molecular weight is 340 g/mol. The molecular formula is C15H20N2O5S. The Bertz CT molecular complexity index is 696. The van der Waals surface area contributed by atoms with Crippen LogP contribution in [-0.4, -0.2) is 48.8 Å². The zero-order valence-corrected chi connectivity index (χ0v) is 13.7. The molecule has 0 unspecified atom stereocenters. The van der Waals surface area contributed by atoms with Crippen molar-refractivity contribution in [1.82, 2.24) is 9.62 Å². The van der Waals surface area contributed by atoms with Gasteiger partial charge in [-0.3, -0.25) is 9.59 Å². The zero-order valence-electron chi connectivity index (χ0n) is 12.9. The number of amides is 1. The molecule has 0 spiro atoms. The Kier molecular flexibility index (Phi) is 5.38. The van der Waals surface area contributed by atoms with Crippen molar-refractivity contribution in [2.45, 2.75) is 37.1 Å². The van der Waals surface area contributed by atoms with Crippen LogP contribution in [0, 0.1) is 0 Å². The number of carbonyl (C=O) groups excluding carboxylic acids is 1. The highest BCUT2D eigenvalue weighted by molar-refractivity contribution is 7.89. The molecule has 7 nitrogen and oxygen atoms in total. The van der Waals surface area contributed by atoms with E-state index in [-0.39, 0.29) is 10.5 Å². The van der Waals surface area contributed by atoms with Crippen LogP contribution < -0.4 is 5.32 Å². The minimum atomic E-state index is -3.77. The summed E-state index contributed by atoms with van der Waals surface area (Å²) in [6.45, 7) is 2.19. The maximum absolute atomic E-state index is 12.8. The summed E-state index contributed by atoms with van der Waals surface area (Å²) in [5.41, 5.74) is -0.0360. The first-order valence-corrected chi connectivity index (χ1v) is 8.91. The first-order valence-electron chi connectivity index (χ1n) is 7.47. The number of hydrogen-bond acceptors (Lipinski definition) is 4. The summed E-state index contributed by atoms with van der Waals surface area (Å²) >= 11 is 0. The van der Waals surface area contributed by atoms with E-state index >= 15 is 0 Å². The first kappa shape index (κ1) is 17.4. The number of piperidine rings is 1. The van der Waals surface area contributed by atoms with Crippen LogP contribution in [0.25, 0.3) is 0 Å². The number of nitrogens with one attached hydrogen (secondary N) is 1. The molecule has 0 aliphatic carbocycles. The molecule has 2 N–H and O–H groups in total. The third kappa shape index (κ3) is 3.89. The van der Waals surface area contributed by atoms with Crippen molar-refractivity contribution >= 4 is 21.9 Å². The SMILES string of the molecule is C[C@H](NC(=O)c1ccccc1S(=O)(=O)N1CCCCC1)C(=O)O. The standard InChI is InChI=1S/C15H20N2O5S/c1-11(15(19)20)16-14(18)12-7-3-4-8-13(12)23(21,22)17-9-5-2-6-10-17/h3-4,7-8,11H,2,5-6,9-10H2,1H3,(H,16,18)(H,19,20)/t11-/m0/s1. The highest BCUT2D eigenvalue weighted by Gasteiger charge is 2.30. The highest BCUT2D eigenvalue weighted by Crippen LogP contribution is 2.23. The van der Waals surface area contributed by atoms with Gasteiger partial charge < -0.3 is 10.4 Å². The van der Waals surface area contributed by atoms with Gasteiger partial charge in [-0.25, -0.2) is 8.42 Å². The number of carboxylic acids is 1. The molecule has 126 valence electrons. The number of carbonyl (C=O) groups is 2. The Labute approximate surface area is 135 Å². The fourth-order valence-electron chi connectivity index (χ4n) is 2.46.